The summed E-state index contributed by atoms with van der Waals surface area (Å²) in [5.41, 5.74) is -2.44. The van der Waals surface area contributed by atoms with Crippen molar-refractivity contribution in [1.29, 1.82) is 0 Å². The Bertz CT molecular complexity index is 445. The van der Waals surface area contributed by atoms with Crippen molar-refractivity contribution in [2.45, 2.75) is 36.4 Å². The van der Waals surface area contributed by atoms with E-state index >= 15 is 0 Å². The molecular weight excluding hydrogens is 672 g/mol. The molecule has 0 aliphatic rings. The molecule has 0 bridgehead atoms. The van der Waals surface area contributed by atoms with Crippen LogP contribution in [0, 0.1) is 0 Å². The molecule has 25 heavy (non-hydrogen) atoms. The highest BCUT2D eigenvalue weighted by atomic mass is 35.6. The summed E-state index contributed by atoms with van der Waals surface area (Å²) in [5.74, 6) is 0. The standard InChI is InChI=1S/C8H5Cl15OSi/c9-3(10,6(15,16)17)1-2(24-25,4(11,12)7(18,19)20)5(13,14)8(21,22)23/h1H2,25H3. The van der Waals surface area contributed by atoms with Crippen LogP contribution < -0.4 is 0 Å². The number of rotatable bonds is 5. The van der Waals surface area contributed by atoms with Gasteiger partial charge in [0, 0.05) is 6.42 Å². The molecule has 152 valence electrons. The second-order valence-electron chi connectivity index (χ2n) is 4.55. The van der Waals surface area contributed by atoms with E-state index in [-0.39, 0.29) is 10.5 Å². The second-order valence-corrected chi connectivity index (χ2v) is 15.9. The van der Waals surface area contributed by atoms with Crippen LogP contribution in [-0.4, -0.2) is 40.5 Å². The zero-order valence-electron chi connectivity index (χ0n) is 11.3. The van der Waals surface area contributed by atoms with E-state index < -0.39 is 36.4 Å². The summed E-state index contributed by atoms with van der Waals surface area (Å²) in [7, 11) is -0.181. The number of hydrogen-bond acceptors (Lipinski definition) is 1. The van der Waals surface area contributed by atoms with Gasteiger partial charge in [0.15, 0.2) is 13.0 Å². The lowest BCUT2D eigenvalue weighted by Crippen LogP contribution is -2.70. The second kappa shape index (κ2) is 9.18. The highest BCUT2D eigenvalue weighted by Gasteiger charge is 2.76. The number of halogens is 15. The molecule has 0 aliphatic heterocycles. The minimum Gasteiger partial charge on any atom is -0.416 e. The topological polar surface area (TPSA) is 9.23 Å². The highest BCUT2D eigenvalue weighted by Crippen LogP contribution is 2.67. The molecule has 0 radical (unpaired) electrons. The lowest BCUT2D eigenvalue weighted by atomic mass is 9.88. The molecule has 1 nitrogen and oxygen atoms in total. The molecule has 0 saturated heterocycles. The van der Waals surface area contributed by atoms with Crippen LogP contribution in [-0.2, 0) is 4.43 Å². The highest BCUT2D eigenvalue weighted by molar-refractivity contribution is 6.79. The monoisotopic (exact) mass is 670 g/mol. The van der Waals surface area contributed by atoms with Crippen LogP contribution in [0.2, 0.25) is 0 Å². The molecule has 0 heterocycles. The zero-order valence-corrected chi connectivity index (χ0v) is 24.6. The van der Waals surface area contributed by atoms with Crippen LogP contribution in [0.4, 0.5) is 0 Å². The quantitative estimate of drug-likeness (QED) is 0.212. The van der Waals surface area contributed by atoms with Gasteiger partial charge in [-0.05, 0) is 0 Å². The van der Waals surface area contributed by atoms with Crippen molar-refractivity contribution in [3.05, 3.63) is 0 Å². The first kappa shape index (κ1) is 29.5. The number of alkyl halides is 15. The molecule has 0 spiro atoms. The van der Waals surface area contributed by atoms with Gasteiger partial charge in [-0.3, -0.25) is 0 Å². The molecule has 0 aromatic carbocycles. The van der Waals surface area contributed by atoms with Crippen LogP contribution >= 0.6 is 174 Å². The minimum absolute atomic E-state index is 0.181. The van der Waals surface area contributed by atoms with E-state index in [1.54, 1.807) is 0 Å². The molecule has 0 atom stereocenters. The predicted octanol–water partition coefficient (Wildman–Crippen LogP) is 8.04. The Morgan fingerprint density at radius 1 is 0.520 bits per heavy atom. The van der Waals surface area contributed by atoms with Crippen molar-refractivity contribution in [3.8, 4) is 0 Å². The van der Waals surface area contributed by atoms with E-state index in [9.17, 15) is 0 Å². The van der Waals surface area contributed by atoms with Crippen molar-refractivity contribution in [2.24, 2.45) is 0 Å². The fraction of sp³-hybridized carbons (Fsp3) is 1.00. The summed E-state index contributed by atoms with van der Waals surface area (Å²) in [6.07, 6.45) is -0.828. The van der Waals surface area contributed by atoms with Crippen molar-refractivity contribution in [3.63, 3.8) is 0 Å². The molecule has 0 aromatic rings. The SMILES string of the molecule is [SiH3]OC(CC(Cl)(Cl)C(Cl)(Cl)Cl)(C(Cl)(Cl)C(Cl)(Cl)Cl)C(Cl)(Cl)C(Cl)(Cl)Cl. The molecule has 0 amide bonds. The molecule has 0 fully saturated rings. The molecule has 0 saturated carbocycles. The van der Waals surface area contributed by atoms with Crippen LogP contribution in [0.15, 0.2) is 0 Å². The van der Waals surface area contributed by atoms with Crippen LogP contribution in [0.25, 0.3) is 0 Å². The average molecular weight is 677 g/mol. The van der Waals surface area contributed by atoms with Gasteiger partial charge in [-0.2, -0.15) is 0 Å². The largest absolute Gasteiger partial charge is 0.416 e. The molecule has 17 heteroatoms. The van der Waals surface area contributed by atoms with E-state index in [1.807, 2.05) is 0 Å². The van der Waals surface area contributed by atoms with E-state index in [0.717, 1.165) is 0 Å². The molecule has 0 rings (SSSR count). The van der Waals surface area contributed by atoms with Crippen LogP contribution in [0.1, 0.15) is 6.42 Å². The Labute approximate surface area is 222 Å². The smallest absolute Gasteiger partial charge is 0.225 e. The Morgan fingerprint density at radius 2 is 0.800 bits per heavy atom. The maximum Gasteiger partial charge on any atom is 0.225 e. The maximum absolute atomic E-state index is 6.26. The number of hydrogen-bond donors (Lipinski definition) is 0. The van der Waals surface area contributed by atoms with Crippen molar-refractivity contribution >= 4 is 185 Å². The van der Waals surface area contributed by atoms with Crippen molar-refractivity contribution < 1.29 is 4.43 Å². The third kappa shape index (κ3) is 5.86. The van der Waals surface area contributed by atoms with Gasteiger partial charge < -0.3 is 4.43 Å². The van der Waals surface area contributed by atoms with Gasteiger partial charge in [-0.1, -0.05) is 174 Å². The summed E-state index contributed by atoms with van der Waals surface area (Å²) in [5, 5.41) is 0. The summed E-state index contributed by atoms with van der Waals surface area (Å²) >= 11 is 89.7. The lowest BCUT2D eigenvalue weighted by molar-refractivity contribution is 0.0309. The third-order valence-electron chi connectivity index (χ3n) is 2.96. The van der Waals surface area contributed by atoms with Gasteiger partial charge >= 0.3 is 0 Å². The first-order chi connectivity index (χ1) is 10.5. The fourth-order valence-electron chi connectivity index (χ4n) is 1.62. The molecular formula is C8H5Cl15OSi. The Kier molecular flexibility index (Phi) is 10.8. The Hall–Kier alpha value is 4.53. The van der Waals surface area contributed by atoms with Crippen molar-refractivity contribution in [2.75, 3.05) is 0 Å². The molecule has 0 aliphatic carbocycles. The van der Waals surface area contributed by atoms with E-state index in [4.69, 9.17) is 178 Å². The van der Waals surface area contributed by atoms with Crippen molar-refractivity contribution in [1.82, 2.24) is 0 Å². The zero-order chi connectivity index (χ0) is 20.9. The molecule has 0 N–H and O–H groups in total. The maximum atomic E-state index is 6.26. The van der Waals surface area contributed by atoms with Gasteiger partial charge in [0.1, 0.15) is 16.1 Å². The minimum atomic E-state index is -2.59. The van der Waals surface area contributed by atoms with Gasteiger partial charge in [0.2, 0.25) is 11.4 Å². The first-order valence-corrected chi connectivity index (χ1v) is 11.9. The summed E-state index contributed by atoms with van der Waals surface area (Å²) < 4.78 is -9.37. The predicted molar refractivity (Wildman–Crippen MR) is 123 cm³/mol. The summed E-state index contributed by atoms with van der Waals surface area (Å²) in [4.78, 5) is 0. The summed E-state index contributed by atoms with van der Waals surface area (Å²) in [6, 6.07) is 0. The Balaban J connectivity index is 6.83. The molecule has 0 aromatic heterocycles. The van der Waals surface area contributed by atoms with Crippen LogP contribution in [0.3, 0.4) is 0 Å². The van der Waals surface area contributed by atoms with Gasteiger partial charge in [0.25, 0.3) is 0 Å². The van der Waals surface area contributed by atoms with E-state index in [1.165, 1.54) is 0 Å². The third-order valence-corrected chi connectivity index (χ3v) is 11.3. The van der Waals surface area contributed by atoms with Gasteiger partial charge in [-0.25, -0.2) is 0 Å². The van der Waals surface area contributed by atoms with Crippen LogP contribution in [0.5, 0.6) is 0 Å². The van der Waals surface area contributed by atoms with Gasteiger partial charge in [0.05, 0.1) is 0 Å². The van der Waals surface area contributed by atoms with Gasteiger partial charge in [-0.15, -0.1) is 0 Å². The van der Waals surface area contributed by atoms with E-state index in [0.29, 0.717) is 0 Å². The normalized spacial score (nSPS) is 16.4. The Morgan fingerprint density at radius 3 is 0.960 bits per heavy atom. The van der Waals surface area contributed by atoms with E-state index in [2.05, 4.69) is 0 Å². The first-order valence-electron chi connectivity index (χ1n) is 5.40. The average Bonchev–Trinajstić information content (AvgIpc) is 2.30. The lowest BCUT2D eigenvalue weighted by Gasteiger charge is -2.55. The fourth-order valence-corrected chi connectivity index (χ4v) is 5.72. The molecule has 0 unspecified atom stereocenters. The summed E-state index contributed by atoms with van der Waals surface area (Å²) in [6.45, 7) is 0.